The molecule has 12 rings (SSSR count). The predicted octanol–water partition coefficient (Wildman–Crippen LogP) is 14.3. The van der Waals surface area contributed by atoms with E-state index in [1.165, 1.54) is 21.9 Å². The van der Waals surface area contributed by atoms with E-state index in [0.717, 1.165) is 84.1 Å². The Bertz CT molecular complexity index is 3450. The Balaban J connectivity index is 0.957. The van der Waals surface area contributed by atoms with Crippen molar-refractivity contribution < 1.29 is 4.74 Å². The molecule has 1 aliphatic heterocycles. The Labute approximate surface area is 365 Å². The summed E-state index contributed by atoms with van der Waals surface area (Å²) in [5, 5.41) is 11.9. The molecule has 4 heterocycles. The van der Waals surface area contributed by atoms with Gasteiger partial charge < -0.3 is 9.30 Å². The molecule has 300 valence electrons. The van der Waals surface area contributed by atoms with Crippen molar-refractivity contribution in [3.05, 3.63) is 224 Å². The average Bonchev–Trinajstić information content (AvgIpc) is 4.13. The van der Waals surface area contributed by atoms with Crippen LogP contribution in [0, 0.1) is 0 Å². The third kappa shape index (κ3) is 6.10. The zero-order valence-corrected chi connectivity index (χ0v) is 34.9. The summed E-state index contributed by atoms with van der Waals surface area (Å²) < 4.78 is 13.4. The molecule has 0 spiro atoms. The third-order valence-corrected chi connectivity index (χ3v) is 12.7. The summed E-state index contributed by atoms with van der Waals surface area (Å²) in [7, 11) is 0. The Hall–Kier alpha value is -8.22. The van der Waals surface area contributed by atoms with Crippen molar-refractivity contribution in [3.63, 3.8) is 0 Å². The molecule has 1 aliphatic rings. The van der Waals surface area contributed by atoms with E-state index in [2.05, 4.69) is 212 Å². The van der Waals surface area contributed by atoms with Crippen LogP contribution in [0.2, 0.25) is 0 Å². The van der Waals surface area contributed by atoms with Crippen LogP contribution in [-0.4, -0.2) is 24.1 Å². The minimum absolute atomic E-state index is 0.336. The highest BCUT2D eigenvalue weighted by atomic mass is 16.5. The van der Waals surface area contributed by atoms with Gasteiger partial charge in [-0.05, 0) is 88.5 Å². The summed E-state index contributed by atoms with van der Waals surface area (Å²) in [4.78, 5) is 0. The van der Waals surface area contributed by atoms with E-state index in [-0.39, 0.29) is 5.41 Å². The van der Waals surface area contributed by atoms with Gasteiger partial charge in [0.2, 0.25) is 0 Å². The second-order valence-corrected chi connectivity index (χ2v) is 16.8. The van der Waals surface area contributed by atoms with E-state index in [1.54, 1.807) is 6.20 Å². The van der Waals surface area contributed by atoms with Gasteiger partial charge in [-0.25, -0.2) is 9.36 Å². The fraction of sp³-hybridized carbons (Fsp3) is 0.0526. The van der Waals surface area contributed by atoms with Gasteiger partial charge in [0.05, 0.1) is 28.6 Å². The first-order valence-electron chi connectivity index (χ1n) is 21.4. The number of fused-ring (bicyclic) bond motifs is 5. The number of aromatic nitrogens is 5. The fourth-order valence-electron chi connectivity index (χ4n) is 9.54. The van der Waals surface area contributed by atoms with Crippen molar-refractivity contribution in [2.45, 2.75) is 19.3 Å². The van der Waals surface area contributed by atoms with E-state index in [0.29, 0.717) is 0 Å². The maximum absolute atomic E-state index is 7.24. The fourth-order valence-corrected chi connectivity index (χ4v) is 9.54. The Morgan fingerprint density at radius 1 is 0.429 bits per heavy atom. The summed E-state index contributed by atoms with van der Waals surface area (Å²) in [6, 6.07) is 66.9. The van der Waals surface area contributed by atoms with Crippen molar-refractivity contribution in [2.75, 3.05) is 0 Å². The molecule has 0 atom stereocenters. The average molecular weight is 812 g/mol. The molecule has 11 aromatic rings. The summed E-state index contributed by atoms with van der Waals surface area (Å²) in [5.74, 6) is 1.74. The highest BCUT2D eigenvalue weighted by Gasteiger charge is 2.37. The van der Waals surface area contributed by atoms with Crippen LogP contribution >= 0.6 is 0 Å². The number of para-hydroxylation sites is 3. The van der Waals surface area contributed by atoms with Gasteiger partial charge in [-0.2, -0.15) is 10.2 Å². The molecule has 63 heavy (non-hydrogen) atoms. The van der Waals surface area contributed by atoms with Crippen molar-refractivity contribution >= 4 is 21.8 Å². The van der Waals surface area contributed by atoms with Gasteiger partial charge in [0.25, 0.3) is 0 Å². The normalized spacial score (nSPS) is 12.9. The van der Waals surface area contributed by atoms with E-state index in [1.807, 2.05) is 27.8 Å². The lowest BCUT2D eigenvalue weighted by Gasteiger charge is -2.36. The van der Waals surface area contributed by atoms with E-state index in [9.17, 15) is 0 Å². The summed E-state index contributed by atoms with van der Waals surface area (Å²) >= 11 is 0. The Morgan fingerprint density at radius 2 is 1.03 bits per heavy atom. The second-order valence-electron chi connectivity index (χ2n) is 16.8. The van der Waals surface area contributed by atoms with Gasteiger partial charge in [0.15, 0.2) is 0 Å². The number of rotatable bonds is 7. The Kier molecular flexibility index (Phi) is 8.41. The van der Waals surface area contributed by atoms with Crippen LogP contribution in [0.5, 0.6) is 11.5 Å². The molecule has 0 saturated carbocycles. The van der Waals surface area contributed by atoms with E-state index >= 15 is 0 Å². The zero-order chi connectivity index (χ0) is 42.1. The quantitative estimate of drug-likeness (QED) is 0.161. The lowest BCUT2D eigenvalue weighted by Crippen LogP contribution is -2.25. The van der Waals surface area contributed by atoms with Crippen LogP contribution in [0.1, 0.15) is 25.0 Å². The second kappa shape index (κ2) is 14.5. The van der Waals surface area contributed by atoms with E-state index in [4.69, 9.17) is 9.84 Å². The molecule has 0 N–H and O–H groups in total. The number of hydrogen-bond donors (Lipinski definition) is 0. The van der Waals surface area contributed by atoms with Crippen LogP contribution < -0.4 is 4.74 Å². The van der Waals surface area contributed by atoms with Gasteiger partial charge in [-0.1, -0.05) is 141 Å². The summed E-state index contributed by atoms with van der Waals surface area (Å²) in [6.07, 6.45) is 7.85. The van der Waals surface area contributed by atoms with Gasteiger partial charge in [-0.15, -0.1) is 0 Å². The molecule has 0 saturated heterocycles. The molecule has 0 unspecified atom stereocenters. The number of benzene rings is 8. The van der Waals surface area contributed by atoms with Crippen molar-refractivity contribution in [2.24, 2.45) is 0 Å². The van der Waals surface area contributed by atoms with Crippen LogP contribution in [-0.2, 0) is 5.41 Å². The molecule has 0 radical (unpaired) electrons. The molecule has 3 aromatic heterocycles. The lowest BCUT2D eigenvalue weighted by molar-refractivity contribution is 0.421. The standard InChI is InChI=1S/C57H41N5O/c1-57(2)51-24-12-22-47(42-32-40(38-15-5-3-6-16-38)31-41(33-42)39-17-7-4-8-18-39)55(51)63-56-48(23-13-25-52(56)57)43-36-59-61(37-43)45-27-28-50-49-21-9-10-26-53(49)62(54(50)35-45)46-20-11-19-44(34-46)60-30-14-29-58-60/h3-37H,1-2H3. The molecule has 0 aliphatic carbocycles. The highest BCUT2D eigenvalue weighted by molar-refractivity contribution is 6.09. The van der Waals surface area contributed by atoms with Crippen molar-refractivity contribution in [1.82, 2.24) is 24.1 Å². The monoisotopic (exact) mass is 811 g/mol. The van der Waals surface area contributed by atoms with Crippen molar-refractivity contribution in [1.29, 1.82) is 0 Å². The van der Waals surface area contributed by atoms with Crippen molar-refractivity contribution in [3.8, 4) is 73.1 Å². The highest BCUT2D eigenvalue weighted by Crippen LogP contribution is 2.54. The first kappa shape index (κ1) is 36.6. The molecule has 0 bridgehead atoms. The molecular weight excluding hydrogens is 771 g/mol. The van der Waals surface area contributed by atoms with E-state index < -0.39 is 0 Å². The summed E-state index contributed by atoms with van der Waals surface area (Å²) in [6.45, 7) is 4.61. The number of ether oxygens (including phenoxy) is 1. The van der Waals surface area contributed by atoms with Crippen LogP contribution in [0.15, 0.2) is 213 Å². The maximum atomic E-state index is 7.24. The van der Waals surface area contributed by atoms with Crippen LogP contribution in [0.25, 0.3) is 83.4 Å². The van der Waals surface area contributed by atoms with Gasteiger partial charge in [0.1, 0.15) is 11.5 Å². The minimum Gasteiger partial charge on any atom is -0.455 e. The van der Waals surface area contributed by atoms with Gasteiger partial charge in [-0.3, -0.25) is 0 Å². The predicted molar refractivity (Wildman–Crippen MR) is 255 cm³/mol. The zero-order valence-electron chi connectivity index (χ0n) is 34.9. The third-order valence-electron chi connectivity index (χ3n) is 12.7. The number of nitrogens with zero attached hydrogens (tertiary/aromatic N) is 5. The SMILES string of the molecule is CC1(C)c2cccc(-c3cc(-c4ccccc4)cc(-c4ccccc4)c3)c2Oc2c(-c3cnn(-c4ccc5c6ccccc6n(-c6cccc(-n7cccn7)c6)c5c4)c3)cccc21. The topological polar surface area (TPSA) is 49.8 Å². The summed E-state index contributed by atoms with van der Waals surface area (Å²) in [5.41, 5.74) is 16.1. The van der Waals surface area contributed by atoms with Gasteiger partial charge >= 0.3 is 0 Å². The molecular formula is C57H41N5O. The molecule has 6 nitrogen and oxygen atoms in total. The van der Waals surface area contributed by atoms with Crippen LogP contribution in [0.4, 0.5) is 0 Å². The van der Waals surface area contributed by atoms with Crippen LogP contribution in [0.3, 0.4) is 0 Å². The largest absolute Gasteiger partial charge is 0.455 e. The molecule has 8 aromatic carbocycles. The number of hydrogen-bond acceptors (Lipinski definition) is 3. The minimum atomic E-state index is -0.336. The first-order valence-corrected chi connectivity index (χ1v) is 21.4. The smallest absolute Gasteiger partial charge is 0.139 e. The molecule has 6 heteroatoms. The molecule has 0 amide bonds. The van der Waals surface area contributed by atoms with Gasteiger partial charge in [0, 0.05) is 68.3 Å². The maximum Gasteiger partial charge on any atom is 0.139 e. The molecule has 0 fully saturated rings. The Morgan fingerprint density at radius 3 is 1.73 bits per heavy atom. The first-order chi connectivity index (χ1) is 31.0. The lowest BCUT2D eigenvalue weighted by atomic mass is 9.74.